The van der Waals surface area contributed by atoms with E-state index in [1.807, 2.05) is 12.1 Å². The Kier molecular flexibility index (Phi) is 3.92. The molecule has 2 N–H and O–H groups in total. The van der Waals surface area contributed by atoms with E-state index >= 15 is 0 Å². The summed E-state index contributed by atoms with van der Waals surface area (Å²) >= 11 is 3.56. The van der Waals surface area contributed by atoms with Crippen molar-refractivity contribution in [2.45, 2.75) is 20.4 Å². The molecule has 2 aromatic carbocycles. The van der Waals surface area contributed by atoms with Gasteiger partial charge in [-0.05, 0) is 54.8 Å². The Morgan fingerprint density at radius 3 is 2.17 bits per heavy atom. The minimum atomic E-state index is 0.300. The van der Waals surface area contributed by atoms with Gasteiger partial charge >= 0.3 is 0 Å². The average molecular weight is 306 g/mol. The van der Waals surface area contributed by atoms with Crippen molar-refractivity contribution in [1.29, 1.82) is 0 Å². The number of phenolic OH excluding ortho intramolecular Hbond substituents is 1. The number of rotatable bonds is 3. The molecule has 0 heterocycles. The van der Waals surface area contributed by atoms with Gasteiger partial charge in [0, 0.05) is 16.7 Å². The highest BCUT2D eigenvalue weighted by Crippen LogP contribution is 2.25. The molecular weight excluding hydrogens is 290 g/mol. The maximum absolute atomic E-state index is 9.22. The minimum Gasteiger partial charge on any atom is -0.508 e. The predicted molar refractivity (Wildman–Crippen MR) is 79.0 cm³/mol. The second-order valence-electron chi connectivity index (χ2n) is 4.44. The minimum absolute atomic E-state index is 0.300. The molecule has 0 aliphatic heterocycles. The lowest BCUT2D eigenvalue weighted by Crippen LogP contribution is -2.00. The SMILES string of the molecule is Cc1cc(NCc2ccc(O)cc2)cc(C)c1Br. The Balaban J connectivity index is 2.08. The summed E-state index contributed by atoms with van der Waals surface area (Å²) in [4.78, 5) is 0. The first kappa shape index (κ1) is 13.0. The highest BCUT2D eigenvalue weighted by atomic mass is 79.9. The summed E-state index contributed by atoms with van der Waals surface area (Å²) in [5, 5.41) is 12.6. The number of benzene rings is 2. The van der Waals surface area contributed by atoms with Gasteiger partial charge < -0.3 is 10.4 Å². The molecule has 0 aromatic heterocycles. The van der Waals surface area contributed by atoms with Gasteiger partial charge in [0.2, 0.25) is 0 Å². The van der Waals surface area contributed by atoms with Gasteiger partial charge in [0.25, 0.3) is 0 Å². The van der Waals surface area contributed by atoms with Crippen molar-refractivity contribution in [1.82, 2.24) is 0 Å². The van der Waals surface area contributed by atoms with Crippen LogP contribution < -0.4 is 5.32 Å². The van der Waals surface area contributed by atoms with Crippen molar-refractivity contribution in [2.75, 3.05) is 5.32 Å². The molecular formula is C15H16BrNO. The highest BCUT2D eigenvalue weighted by Gasteiger charge is 2.02. The molecule has 18 heavy (non-hydrogen) atoms. The standard InChI is InChI=1S/C15H16BrNO/c1-10-7-13(8-11(2)15(10)16)17-9-12-3-5-14(18)6-4-12/h3-8,17-18H,9H2,1-2H3. The second kappa shape index (κ2) is 5.44. The molecule has 0 saturated carbocycles. The second-order valence-corrected chi connectivity index (χ2v) is 5.24. The Morgan fingerprint density at radius 1 is 1.06 bits per heavy atom. The van der Waals surface area contributed by atoms with E-state index in [0.29, 0.717) is 5.75 Å². The number of aromatic hydroxyl groups is 1. The van der Waals surface area contributed by atoms with Crippen molar-refractivity contribution in [3.63, 3.8) is 0 Å². The van der Waals surface area contributed by atoms with Crippen molar-refractivity contribution in [3.8, 4) is 5.75 Å². The maximum Gasteiger partial charge on any atom is 0.115 e. The fourth-order valence-corrected chi connectivity index (χ4v) is 2.09. The third-order valence-corrected chi connectivity index (χ3v) is 4.12. The van der Waals surface area contributed by atoms with Crippen LogP contribution in [0.1, 0.15) is 16.7 Å². The molecule has 0 aliphatic rings. The molecule has 0 unspecified atom stereocenters. The maximum atomic E-state index is 9.22. The highest BCUT2D eigenvalue weighted by molar-refractivity contribution is 9.10. The Hall–Kier alpha value is -1.48. The Morgan fingerprint density at radius 2 is 1.61 bits per heavy atom. The number of nitrogens with one attached hydrogen (secondary N) is 1. The topological polar surface area (TPSA) is 32.3 Å². The van der Waals surface area contributed by atoms with Crippen LogP contribution in [0.2, 0.25) is 0 Å². The Bertz CT molecular complexity index is 526. The van der Waals surface area contributed by atoms with E-state index in [1.165, 1.54) is 11.1 Å². The molecule has 0 fully saturated rings. The molecule has 0 spiro atoms. The number of anilines is 1. The summed E-state index contributed by atoms with van der Waals surface area (Å²) in [5.74, 6) is 0.300. The normalized spacial score (nSPS) is 10.4. The molecule has 2 nitrogen and oxygen atoms in total. The summed E-state index contributed by atoms with van der Waals surface area (Å²) in [6, 6.07) is 11.5. The quantitative estimate of drug-likeness (QED) is 0.882. The number of aryl methyl sites for hydroxylation is 2. The third kappa shape index (κ3) is 3.05. The van der Waals surface area contributed by atoms with Gasteiger partial charge in [-0.1, -0.05) is 28.1 Å². The zero-order valence-electron chi connectivity index (χ0n) is 10.5. The fraction of sp³-hybridized carbons (Fsp3) is 0.200. The van der Waals surface area contributed by atoms with Crippen molar-refractivity contribution >= 4 is 21.6 Å². The van der Waals surface area contributed by atoms with Gasteiger partial charge in [0.1, 0.15) is 5.75 Å². The van der Waals surface area contributed by atoms with Crippen LogP contribution in [0.3, 0.4) is 0 Å². The molecule has 0 amide bonds. The van der Waals surface area contributed by atoms with E-state index in [2.05, 4.69) is 47.2 Å². The lowest BCUT2D eigenvalue weighted by molar-refractivity contribution is 0.475. The van der Waals surface area contributed by atoms with Crippen molar-refractivity contribution in [3.05, 3.63) is 57.6 Å². The fourth-order valence-electron chi connectivity index (χ4n) is 1.87. The van der Waals surface area contributed by atoms with Crippen LogP contribution in [0.25, 0.3) is 0 Å². The number of hydrogen-bond acceptors (Lipinski definition) is 2. The summed E-state index contributed by atoms with van der Waals surface area (Å²) < 4.78 is 1.16. The lowest BCUT2D eigenvalue weighted by Gasteiger charge is -2.10. The molecule has 0 saturated heterocycles. The summed E-state index contributed by atoms with van der Waals surface area (Å²) in [5.41, 5.74) is 4.71. The van der Waals surface area contributed by atoms with Crippen LogP contribution in [-0.4, -0.2) is 5.11 Å². The Labute approximate surface area is 116 Å². The van der Waals surface area contributed by atoms with Gasteiger partial charge in [0.15, 0.2) is 0 Å². The molecule has 0 atom stereocenters. The molecule has 2 aromatic rings. The van der Waals surface area contributed by atoms with Crippen LogP contribution in [0.5, 0.6) is 5.75 Å². The smallest absolute Gasteiger partial charge is 0.115 e. The average Bonchev–Trinajstić information content (AvgIpc) is 2.35. The molecule has 2 rings (SSSR count). The monoisotopic (exact) mass is 305 g/mol. The number of halogens is 1. The zero-order valence-corrected chi connectivity index (χ0v) is 12.1. The molecule has 3 heteroatoms. The van der Waals surface area contributed by atoms with Crippen LogP contribution in [-0.2, 0) is 6.54 Å². The summed E-state index contributed by atoms with van der Waals surface area (Å²) in [6.07, 6.45) is 0. The van der Waals surface area contributed by atoms with Gasteiger partial charge in [-0.25, -0.2) is 0 Å². The molecule has 0 bridgehead atoms. The number of phenols is 1. The largest absolute Gasteiger partial charge is 0.508 e. The summed E-state index contributed by atoms with van der Waals surface area (Å²) in [7, 11) is 0. The molecule has 94 valence electrons. The van der Waals surface area contributed by atoms with Crippen LogP contribution >= 0.6 is 15.9 Å². The van der Waals surface area contributed by atoms with Crippen LogP contribution in [0, 0.1) is 13.8 Å². The number of hydrogen-bond donors (Lipinski definition) is 2. The van der Waals surface area contributed by atoms with Crippen LogP contribution in [0.4, 0.5) is 5.69 Å². The van der Waals surface area contributed by atoms with E-state index in [0.717, 1.165) is 22.3 Å². The van der Waals surface area contributed by atoms with Gasteiger partial charge in [-0.3, -0.25) is 0 Å². The molecule has 0 radical (unpaired) electrons. The zero-order chi connectivity index (χ0) is 13.1. The van der Waals surface area contributed by atoms with E-state index in [-0.39, 0.29) is 0 Å². The van der Waals surface area contributed by atoms with Crippen molar-refractivity contribution < 1.29 is 5.11 Å². The van der Waals surface area contributed by atoms with Crippen molar-refractivity contribution in [2.24, 2.45) is 0 Å². The van der Waals surface area contributed by atoms with Gasteiger partial charge in [-0.2, -0.15) is 0 Å². The molecule has 0 aliphatic carbocycles. The lowest BCUT2D eigenvalue weighted by atomic mass is 10.1. The van der Waals surface area contributed by atoms with Crippen LogP contribution in [0.15, 0.2) is 40.9 Å². The summed E-state index contributed by atoms with van der Waals surface area (Å²) in [6.45, 7) is 4.92. The van der Waals surface area contributed by atoms with E-state index in [9.17, 15) is 5.11 Å². The first-order valence-electron chi connectivity index (χ1n) is 5.85. The first-order chi connectivity index (χ1) is 8.56. The first-order valence-corrected chi connectivity index (χ1v) is 6.64. The third-order valence-electron chi connectivity index (χ3n) is 2.87. The van der Waals surface area contributed by atoms with E-state index in [1.54, 1.807) is 12.1 Å². The van der Waals surface area contributed by atoms with Gasteiger partial charge in [0.05, 0.1) is 0 Å². The predicted octanol–water partition coefficient (Wildman–Crippen LogP) is 4.38. The van der Waals surface area contributed by atoms with E-state index < -0.39 is 0 Å². The van der Waals surface area contributed by atoms with E-state index in [4.69, 9.17) is 0 Å². The van der Waals surface area contributed by atoms with Gasteiger partial charge in [-0.15, -0.1) is 0 Å².